The van der Waals surface area contributed by atoms with Gasteiger partial charge in [0, 0.05) is 29.5 Å². The second kappa shape index (κ2) is 6.73. The van der Waals surface area contributed by atoms with Crippen molar-refractivity contribution in [1.29, 1.82) is 0 Å². The molecule has 0 radical (unpaired) electrons. The monoisotopic (exact) mass is 271 g/mol. The van der Waals surface area contributed by atoms with Crippen LogP contribution in [-0.4, -0.2) is 19.2 Å². The van der Waals surface area contributed by atoms with Crippen LogP contribution in [0.5, 0.6) is 5.75 Å². The first kappa shape index (κ1) is 14.1. The normalized spacial score (nSPS) is 10.2. The van der Waals surface area contributed by atoms with Crippen molar-refractivity contribution in [2.75, 3.05) is 19.1 Å². The lowest BCUT2D eigenvalue weighted by molar-refractivity contribution is 0.0224. The molecule has 0 heterocycles. The van der Waals surface area contributed by atoms with Crippen LogP contribution in [0.25, 0.3) is 0 Å². The number of ether oxygens (including phenoxy) is 2. The average molecular weight is 271 g/mol. The number of nitrogens with two attached hydrogens (primary N) is 1. The number of carbonyl (C=O) groups excluding carboxylic acids is 1. The molecule has 0 saturated carbocycles. The first-order chi connectivity index (χ1) is 9.72. The van der Waals surface area contributed by atoms with Gasteiger partial charge in [-0.25, -0.2) is 0 Å². The molecule has 0 bridgehead atoms. The Morgan fingerprint density at radius 1 is 1.15 bits per heavy atom. The van der Waals surface area contributed by atoms with E-state index in [1.54, 1.807) is 30.3 Å². The third kappa shape index (κ3) is 3.36. The van der Waals surface area contributed by atoms with E-state index >= 15 is 0 Å². The summed E-state index contributed by atoms with van der Waals surface area (Å²) in [6.07, 6.45) is 0. The smallest absolute Gasteiger partial charge is 0.195 e. The summed E-state index contributed by atoms with van der Waals surface area (Å²) < 4.78 is 10.4. The Morgan fingerprint density at radius 3 is 2.55 bits per heavy atom. The number of benzene rings is 2. The highest BCUT2D eigenvalue weighted by Crippen LogP contribution is 2.22. The predicted octanol–water partition coefficient (Wildman–Crippen LogP) is 2.87. The van der Waals surface area contributed by atoms with Crippen LogP contribution in [-0.2, 0) is 4.74 Å². The number of ketones is 1. The van der Waals surface area contributed by atoms with E-state index in [9.17, 15) is 4.79 Å². The molecule has 0 amide bonds. The van der Waals surface area contributed by atoms with Gasteiger partial charge < -0.3 is 15.2 Å². The molecule has 0 spiro atoms. The zero-order valence-corrected chi connectivity index (χ0v) is 11.3. The summed E-state index contributed by atoms with van der Waals surface area (Å²) in [6.45, 7) is 2.64. The van der Waals surface area contributed by atoms with Gasteiger partial charge in [0.05, 0.1) is 0 Å². The quantitative estimate of drug-likeness (QED) is 0.380. The van der Waals surface area contributed by atoms with Crippen LogP contribution in [0, 0.1) is 0 Å². The Balaban J connectivity index is 2.15. The molecule has 2 aromatic carbocycles. The standard InChI is InChI=1S/C16H17NO3/c1-2-19-11-20-13-8-9-14(15(17)10-13)16(18)12-6-4-3-5-7-12/h3-10H,2,11,17H2,1H3. The lowest BCUT2D eigenvalue weighted by Gasteiger charge is -2.09. The minimum Gasteiger partial charge on any atom is -0.467 e. The number of anilines is 1. The fourth-order valence-corrected chi connectivity index (χ4v) is 1.78. The molecule has 4 heteroatoms. The van der Waals surface area contributed by atoms with Crippen LogP contribution in [0.2, 0.25) is 0 Å². The molecule has 0 saturated heterocycles. The van der Waals surface area contributed by atoms with Crippen LogP contribution >= 0.6 is 0 Å². The Kier molecular flexibility index (Phi) is 4.74. The summed E-state index contributed by atoms with van der Waals surface area (Å²) >= 11 is 0. The van der Waals surface area contributed by atoms with Crippen LogP contribution < -0.4 is 10.5 Å². The number of carbonyl (C=O) groups is 1. The number of hydrogen-bond donors (Lipinski definition) is 1. The van der Waals surface area contributed by atoms with Crippen LogP contribution in [0.3, 0.4) is 0 Å². The van der Waals surface area contributed by atoms with Crippen molar-refractivity contribution in [2.24, 2.45) is 0 Å². The van der Waals surface area contributed by atoms with Crippen molar-refractivity contribution in [1.82, 2.24) is 0 Å². The van der Waals surface area contributed by atoms with Gasteiger partial charge in [0.15, 0.2) is 12.6 Å². The van der Waals surface area contributed by atoms with Gasteiger partial charge in [-0.2, -0.15) is 0 Å². The summed E-state index contributed by atoms with van der Waals surface area (Å²) in [5, 5.41) is 0. The molecule has 0 aliphatic heterocycles. The second-order valence-corrected chi connectivity index (χ2v) is 4.20. The molecular formula is C16H17NO3. The lowest BCUT2D eigenvalue weighted by atomic mass is 10.0. The fourth-order valence-electron chi connectivity index (χ4n) is 1.78. The SMILES string of the molecule is CCOCOc1ccc(C(=O)c2ccccc2)c(N)c1. The Bertz CT molecular complexity index is 582. The van der Waals surface area contributed by atoms with E-state index in [1.807, 2.05) is 25.1 Å². The van der Waals surface area contributed by atoms with Gasteiger partial charge >= 0.3 is 0 Å². The minimum absolute atomic E-state index is 0.0977. The topological polar surface area (TPSA) is 61.5 Å². The second-order valence-electron chi connectivity index (χ2n) is 4.20. The number of nitrogen functional groups attached to an aromatic ring is 1. The zero-order valence-electron chi connectivity index (χ0n) is 11.3. The highest BCUT2D eigenvalue weighted by atomic mass is 16.7. The summed E-state index contributed by atoms with van der Waals surface area (Å²) in [5.41, 5.74) is 7.40. The summed E-state index contributed by atoms with van der Waals surface area (Å²) in [6, 6.07) is 14.1. The molecule has 0 atom stereocenters. The fraction of sp³-hybridized carbons (Fsp3) is 0.188. The van der Waals surface area contributed by atoms with Gasteiger partial charge in [-0.3, -0.25) is 4.79 Å². The molecule has 0 aliphatic rings. The van der Waals surface area contributed by atoms with Crippen LogP contribution in [0.1, 0.15) is 22.8 Å². The molecule has 104 valence electrons. The maximum absolute atomic E-state index is 12.3. The van der Waals surface area contributed by atoms with E-state index in [4.69, 9.17) is 15.2 Å². The van der Waals surface area contributed by atoms with Gasteiger partial charge in [0.2, 0.25) is 0 Å². The maximum atomic E-state index is 12.3. The van der Waals surface area contributed by atoms with Gasteiger partial charge in [0.1, 0.15) is 5.75 Å². The van der Waals surface area contributed by atoms with E-state index in [0.717, 1.165) is 0 Å². The average Bonchev–Trinajstić information content (AvgIpc) is 2.48. The predicted molar refractivity (Wildman–Crippen MR) is 77.8 cm³/mol. The van der Waals surface area contributed by atoms with Crippen LogP contribution in [0.15, 0.2) is 48.5 Å². The first-order valence-electron chi connectivity index (χ1n) is 6.42. The molecule has 2 N–H and O–H groups in total. The molecule has 2 aromatic rings. The highest BCUT2D eigenvalue weighted by molar-refractivity contribution is 6.12. The third-order valence-electron chi connectivity index (χ3n) is 2.82. The molecular weight excluding hydrogens is 254 g/mol. The number of hydrogen-bond acceptors (Lipinski definition) is 4. The Morgan fingerprint density at radius 2 is 1.90 bits per heavy atom. The Labute approximate surface area is 118 Å². The van der Waals surface area contributed by atoms with E-state index in [1.165, 1.54) is 0 Å². The molecule has 0 unspecified atom stereocenters. The summed E-state index contributed by atoms with van der Waals surface area (Å²) in [5.74, 6) is 0.486. The highest BCUT2D eigenvalue weighted by Gasteiger charge is 2.12. The third-order valence-corrected chi connectivity index (χ3v) is 2.82. The van der Waals surface area contributed by atoms with Gasteiger partial charge in [-0.05, 0) is 19.1 Å². The lowest BCUT2D eigenvalue weighted by Crippen LogP contribution is -2.07. The van der Waals surface area contributed by atoms with Gasteiger partial charge in [-0.1, -0.05) is 30.3 Å². The van der Waals surface area contributed by atoms with Gasteiger partial charge in [-0.15, -0.1) is 0 Å². The first-order valence-corrected chi connectivity index (χ1v) is 6.42. The van der Waals surface area contributed by atoms with E-state index in [-0.39, 0.29) is 12.6 Å². The van der Waals surface area contributed by atoms with Crippen molar-refractivity contribution >= 4 is 11.5 Å². The molecule has 0 fully saturated rings. The summed E-state index contributed by atoms with van der Waals surface area (Å²) in [7, 11) is 0. The van der Waals surface area contributed by atoms with E-state index in [2.05, 4.69) is 0 Å². The minimum atomic E-state index is -0.0977. The molecule has 0 aliphatic carbocycles. The molecule has 2 rings (SSSR count). The molecule has 20 heavy (non-hydrogen) atoms. The van der Waals surface area contributed by atoms with Crippen molar-refractivity contribution in [3.63, 3.8) is 0 Å². The number of rotatable bonds is 6. The summed E-state index contributed by atoms with van der Waals surface area (Å²) in [4.78, 5) is 12.3. The van der Waals surface area contributed by atoms with Crippen molar-refractivity contribution in [3.05, 3.63) is 59.7 Å². The van der Waals surface area contributed by atoms with E-state index < -0.39 is 0 Å². The van der Waals surface area contributed by atoms with Crippen molar-refractivity contribution < 1.29 is 14.3 Å². The van der Waals surface area contributed by atoms with Crippen molar-refractivity contribution in [3.8, 4) is 5.75 Å². The molecule has 0 aromatic heterocycles. The Hall–Kier alpha value is -2.33. The zero-order chi connectivity index (χ0) is 14.4. The largest absolute Gasteiger partial charge is 0.467 e. The molecule has 4 nitrogen and oxygen atoms in total. The maximum Gasteiger partial charge on any atom is 0.195 e. The van der Waals surface area contributed by atoms with Gasteiger partial charge in [0.25, 0.3) is 0 Å². The van der Waals surface area contributed by atoms with E-state index in [0.29, 0.717) is 29.2 Å². The van der Waals surface area contributed by atoms with Crippen molar-refractivity contribution in [2.45, 2.75) is 6.92 Å². The van der Waals surface area contributed by atoms with Crippen LogP contribution in [0.4, 0.5) is 5.69 Å².